The molecule has 0 aliphatic heterocycles. The van der Waals surface area contributed by atoms with E-state index in [4.69, 9.17) is 11.6 Å². The van der Waals surface area contributed by atoms with E-state index in [0.29, 0.717) is 10.6 Å². The molecule has 0 aliphatic rings. The molecule has 2 aromatic heterocycles. The summed E-state index contributed by atoms with van der Waals surface area (Å²) < 4.78 is 0. The topological polar surface area (TPSA) is 52.8 Å². The van der Waals surface area contributed by atoms with Crippen molar-refractivity contribution in [1.29, 1.82) is 5.26 Å². The molecule has 0 unspecified atom stereocenters. The number of hydrogen-bond donors (Lipinski definition) is 0. The summed E-state index contributed by atoms with van der Waals surface area (Å²) in [6, 6.07) is 9.45. The summed E-state index contributed by atoms with van der Waals surface area (Å²) >= 11 is 7.65. The molecule has 6 heteroatoms. The lowest BCUT2D eigenvalue weighted by Gasteiger charge is -2.18. The zero-order valence-corrected chi connectivity index (χ0v) is 13.5. The van der Waals surface area contributed by atoms with Crippen molar-refractivity contribution in [3.8, 4) is 6.07 Å². The minimum absolute atomic E-state index is 0.587. The molecule has 110 valence electrons. The molecule has 0 amide bonds. The fourth-order valence-electron chi connectivity index (χ4n) is 2.23. The van der Waals surface area contributed by atoms with Crippen LogP contribution in [0.2, 0.25) is 5.02 Å². The summed E-state index contributed by atoms with van der Waals surface area (Å²) in [6.45, 7) is 0.796. The Morgan fingerprint density at radius 1 is 1.36 bits per heavy atom. The van der Waals surface area contributed by atoms with Gasteiger partial charge in [0, 0.05) is 42.0 Å². The van der Waals surface area contributed by atoms with E-state index in [1.807, 2.05) is 29.6 Å². The Labute approximate surface area is 137 Å². The van der Waals surface area contributed by atoms with E-state index in [1.165, 1.54) is 0 Å². The number of halogens is 1. The summed E-state index contributed by atoms with van der Waals surface area (Å²) in [5, 5.41) is 13.8. The minimum atomic E-state index is 0.587. The van der Waals surface area contributed by atoms with Gasteiger partial charge in [0.25, 0.3) is 0 Å². The number of nitrogens with zero attached hydrogens (tertiary/aromatic N) is 4. The molecule has 0 saturated heterocycles. The minimum Gasteiger partial charge on any atom is -0.359 e. The number of rotatable bonds is 4. The van der Waals surface area contributed by atoms with Gasteiger partial charge in [-0.2, -0.15) is 5.26 Å². The van der Waals surface area contributed by atoms with E-state index in [2.05, 4.69) is 16.0 Å². The van der Waals surface area contributed by atoms with Gasteiger partial charge in [-0.05, 0) is 24.3 Å². The van der Waals surface area contributed by atoms with Crippen molar-refractivity contribution in [2.75, 3.05) is 18.5 Å². The molecule has 0 fully saturated rings. The van der Waals surface area contributed by atoms with Crippen LogP contribution in [0.25, 0.3) is 10.9 Å². The fraction of sp³-hybridized carbons (Fsp3) is 0.188. The first-order chi connectivity index (χ1) is 10.7. The molecule has 0 atom stereocenters. The van der Waals surface area contributed by atoms with E-state index in [9.17, 15) is 5.26 Å². The van der Waals surface area contributed by atoms with Crippen molar-refractivity contribution in [2.24, 2.45) is 0 Å². The van der Waals surface area contributed by atoms with Gasteiger partial charge >= 0.3 is 0 Å². The van der Waals surface area contributed by atoms with Crippen LogP contribution in [0, 0.1) is 11.3 Å². The Morgan fingerprint density at radius 3 is 2.95 bits per heavy atom. The monoisotopic (exact) mass is 328 g/mol. The normalized spacial score (nSPS) is 10.6. The van der Waals surface area contributed by atoms with Gasteiger partial charge in [-0.25, -0.2) is 9.97 Å². The van der Waals surface area contributed by atoms with Crippen LogP contribution in [0.4, 0.5) is 5.82 Å². The quantitative estimate of drug-likeness (QED) is 0.729. The van der Waals surface area contributed by atoms with Crippen molar-refractivity contribution in [3.05, 3.63) is 51.4 Å². The highest BCUT2D eigenvalue weighted by Gasteiger charge is 2.10. The van der Waals surface area contributed by atoms with Gasteiger partial charge in [-0.1, -0.05) is 11.6 Å². The number of thiazole rings is 1. The first-order valence-corrected chi connectivity index (χ1v) is 8.03. The van der Waals surface area contributed by atoms with Crippen LogP contribution < -0.4 is 4.90 Å². The highest BCUT2D eigenvalue weighted by molar-refractivity contribution is 7.09. The number of benzene rings is 1. The summed E-state index contributed by atoms with van der Waals surface area (Å²) in [4.78, 5) is 10.9. The molecule has 4 nitrogen and oxygen atoms in total. The van der Waals surface area contributed by atoms with Crippen molar-refractivity contribution >= 4 is 39.7 Å². The predicted molar refractivity (Wildman–Crippen MR) is 90.6 cm³/mol. The smallest absolute Gasteiger partial charge is 0.130 e. The standard InChI is InChI=1S/C16H13ClN4S/c1-21(6-4-16-19-5-7-22-16)15-8-11(10-18)13-9-12(17)2-3-14(13)20-15/h2-3,5,7-9H,4,6H2,1H3. The van der Waals surface area contributed by atoms with Gasteiger partial charge in [-0.15, -0.1) is 11.3 Å². The van der Waals surface area contributed by atoms with Gasteiger partial charge < -0.3 is 4.90 Å². The van der Waals surface area contributed by atoms with Gasteiger partial charge in [0.15, 0.2) is 0 Å². The van der Waals surface area contributed by atoms with Crippen LogP contribution in [0.1, 0.15) is 10.6 Å². The van der Waals surface area contributed by atoms with Crippen LogP contribution in [-0.4, -0.2) is 23.6 Å². The van der Waals surface area contributed by atoms with E-state index < -0.39 is 0 Å². The average Bonchev–Trinajstić information content (AvgIpc) is 3.05. The number of fused-ring (bicyclic) bond motifs is 1. The third kappa shape index (κ3) is 3.03. The Kier molecular flexibility index (Phi) is 4.23. The van der Waals surface area contributed by atoms with Crippen molar-refractivity contribution < 1.29 is 0 Å². The maximum absolute atomic E-state index is 9.37. The highest BCUT2D eigenvalue weighted by Crippen LogP contribution is 2.25. The SMILES string of the molecule is CN(CCc1nccs1)c1cc(C#N)c2cc(Cl)ccc2n1. The molecule has 22 heavy (non-hydrogen) atoms. The van der Waals surface area contributed by atoms with Crippen molar-refractivity contribution in [3.63, 3.8) is 0 Å². The Bertz CT molecular complexity index is 839. The lowest BCUT2D eigenvalue weighted by molar-refractivity contribution is 0.856. The van der Waals surface area contributed by atoms with Crippen molar-refractivity contribution in [2.45, 2.75) is 6.42 Å². The molecule has 0 saturated carbocycles. The molecule has 0 radical (unpaired) electrons. The number of pyridine rings is 1. The zero-order valence-electron chi connectivity index (χ0n) is 12.0. The number of hydrogen-bond acceptors (Lipinski definition) is 5. The Hall–Kier alpha value is -2.16. The third-order valence-corrected chi connectivity index (χ3v) is 4.49. The summed E-state index contributed by atoms with van der Waals surface area (Å²) in [7, 11) is 1.97. The molecule has 1 aromatic carbocycles. The molecule has 0 aliphatic carbocycles. The van der Waals surface area contributed by atoms with E-state index >= 15 is 0 Å². The predicted octanol–water partition coefficient (Wildman–Crippen LogP) is 3.90. The molecule has 0 N–H and O–H groups in total. The molecule has 3 aromatic rings. The Morgan fingerprint density at radius 2 is 2.23 bits per heavy atom. The second kappa shape index (κ2) is 6.30. The van der Waals surface area contributed by atoms with Gasteiger partial charge in [0.2, 0.25) is 0 Å². The maximum Gasteiger partial charge on any atom is 0.130 e. The summed E-state index contributed by atoms with van der Waals surface area (Å²) in [5.41, 5.74) is 1.36. The molecule has 0 spiro atoms. The lowest BCUT2D eigenvalue weighted by Crippen LogP contribution is -2.21. The second-order valence-corrected chi connectivity index (χ2v) is 6.31. The van der Waals surface area contributed by atoms with Gasteiger partial charge in [0.1, 0.15) is 5.82 Å². The zero-order chi connectivity index (χ0) is 15.5. The summed E-state index contributed by atoms with van der Waals surface area (Å²) in [6.07, 6.45) is 2.67. The number of aromatic nitrogens is 2. The highest BCUT2D eigenvalue weighted by atomic mass is 35.5. The lowest BCUT2D eigenvalue weighted by atomic mass is 10.1. The molecular formula is C16H13ClN4S. The van der Waals surface area contributed by atoms with Gasteiger partial charge in [0.05, 0.1) is 22.2 Å². The molecule has 3 rings (SSSR count). The average molecular weight is 329 g/mol. The van der Waals surface area contributed by atoms with Crippen LogP contribution in [-0.2, 0) is 6.42 Å². The number of nitriles is 1. The fourth-order valence-corrected chi connectivity index (χ4v) is 3.01. The van der Waals surface area contributed by atoms with Crippen molar-refractivity contribution in [1.82, 2.24) is 9.97 Å². The third-order valence-electron chi connectivity index (χ3n) is 3.41. The Balaban J connectivity index is 1.90. The van der Waals surface area contributed by atoms with Gasteiger partial charge in [-0.3, -0.25) is 0 Å². The molecular weight excluding hydrogens is 316 g/mol. The van der Waals surface area contributed by atoms with Crippen LogP contribution in [0.3, 0.4) is 0 Å². The first-order valence-electron chi connectivity index (χ1n) is 6.77. The van der Waals surface area contributed by atoms with E-state index in [-0.39, 0.29) is 0 Å². The number of anilines is 1. The molecule has 0 bridgehead atoms. The van der Waals surface area contributed by atoms with Crippen LogP contribution >= 0.6 is 22.9 Å². The van der Waals surface area contributed by atoms with Crippen LogP contribution in [0.15, 0.2) is 35.8 Å². The first kappa shape index (κ1) is 14.8. The largest absolute Gasteiger partial charge is 0.359 e. The maximum atomic E-state index is 9.37. The number of likely N-dealkylation sites (N-methyl/N-ethyl adjacent to an activating group) is 1. The van der Waals surface area contributed by atoms with Crippen LogP contribution in [0.5, 0.6) is 0 Å². The molecule has 2 heterocycles. The van der Waals surface area contributed by atoms with E-state index in [1.54, 1.807) is 29.5 Å². The second-order valence-electron chi connectivity index (χ2n) is 4.90. The van der Waals surface area contributed by atoms with E-state index in [0.717, 1.165) is 34.7 Å². The summed E-state index contributed by atoms with van der Waals surface area (Å²) in [5.74, 6) is 0.780.